The Morgan fingerprint density at radius 1 is 1.62 bits per heavy atom. The number of aldehydes is 1. The molecule has 0 radical (unpaired) electrons. The lowest BCUT2D eigenvalue weighted by Gasteiger charge is -2.01. The third-order valence-electron chi connectivity index (χ3n) is 0.494. The van der Waals surface area contributed by atoms with Crippen LogP contribution in [-0.4, -0.2) is 25.3 Å². The highest BCUT2D eigenvalue weighted by Gasteiger charge is 1.84. The Bertz CT molecular complexity index is 109. The number of hydrogen-bond acceptors (Lipinski definition) is 2. The minimum Gasteiger partial charge on any atom is -0.382 e. The summed E-state index contributed by atoms with van der Waals surface area (Å²) < 4.78 is 0.558. The van der Waals surface area contributed by atoms with E-state index in [4.69, 9.17) is 0 Å². The molecule has 46 valence electrons. The van der Waals surface area contributed by atoms with Crippen LogP contribution in [0, 0.1) is 0 Å². The summed E-state index contributed by atoms with van der Waals surface area (Å²) in [4.78, 5) is 11.7. The molecule has 0 aromatic rings. The van der Waals surface area contributed by atoms with Gasteiger partial charge in [0, 0.05) is 20.3 Å². The number of allylic oxidation sites excluding steroid dienone is 1. The highest BCUT2D eigenvalue weighted by molar-refractivity contribution is 9.12. The van der Waals surface area contributed by atoms with Gasteiger partial charge in [0.2, 0.25) is 0 Å². The predicted octanol–water partition coefficient (Wildman–Crippen LogP) is 0.983. The molecule has 3 heteroatoms. The molecule has 0 aliphatic carbocycles. The van der Waals surface area contributed by atoms with Crippen molar-refractivity contribution in [3.05, 3.63) is 10.7 Å². The first-order chi connectivity index (χ1) is 3.66. The first-order valence-corrected chi connectivity index (χ1v) is 2.95. The largest absolute Gasteiger partial charge is 0.382 e. The summed E-state index contributed by atoms with van der Waals surface area (Å²) >= 11 is 3.03. The van der Waals surface area contributed by atoms with Crippen molar-refractivity contribution in [3.63, 3.8) is 0 Å². The highest BCUT2D eigenvalue weighted by atomic mass is 79.9. The number of halogens is 1. The molecule has 0 atom stereocenters. The standard InChI is InChI=1S/C5H8BrNO/c1-7(2)3-5(6)4-8/h3-4H,1-2H3/b5-3+. The summed E-state index contributed by atoms with van der Waals surface area (Å²) in [6.45, 7) is 0. The van der Waals surface area contributed by atoms with Gasteiger partial charge in [-0.05, 0) is 15.9 Å². The van der Waals surface area contributed by atoms with Gasteiger partial charge in [0.05, 0.1) is 4.48 Å². The van der Waals surface area contributed by atoms with Crippen molar-refractivity contribution in [3.8, 4) is 0 Å². The van der Waals surface area contributed by atoms with Gasteiger partial charge in [-0.1, -0.05) is 0 Å². The highest BCUT2D eigenvalue weighted by Crippen LogP contribution is 1.98. The summed E-state index contributed by atoms with van der Waals surface area (Å²) in [6, 6.07) is 0. The van der Waals surface area contributed by atoms with E-state index in [0.717, 1.165) is 6.29 Å². The van der Waals surface area contributed by atoms with E-state index >= 15 is 0 Å². The summed E-state index contributed by atoms with van der Waals surface area (Å²) in [7, 11) is 3.70. The molecule has 0 saturated heterocycles. The van der Waals surface area contributed by atoms with Gasteiger partial charge in [-0.25, -0.2) is 0 Å². The van der Waals surface area contributed by atoms with E-state index in [0.29, 0.717) is 4.48 Å². The quantitative estimate of drug-likeness (QED) is 0.464. The molecular formula is C5H8BrNO. The Kier molecular flexibility index (Phi) is 3.52. The van der Waals surface area contributed by atoms with Gasteiger partial charge in [-0.3, -0.25) is 4.79 Å². The Morgan fingerprint density at radius 2 is 2.12 bits per heavy atom. The van der Waals surface area contributed by atoms with Crippen molar-refractivity contribution >= 4 is 22.2 Å². The molecule has 0 aromatic heterocycles. The zero-order valence-corrected chi connectivity index (χ0v) is 6.47. The number of rotatable bonds is 2. The maximum absolute atomic E-state index is 9.90. The van der Waals surface area contributed by atoms with Gasteiger partial charge in [0.25, 0.3) is 0 Å². The molecule has 0 saturated carbocycles. The zero-order chi connectivity index (χ0) is 6.57. The topological polar surface area (TPSA) is 20.3 Å². The average Bonchev–Trinajstić information content (AvgIpc) is 1.65. The minimum atomic E-state index is 0.558. The van der Waals surface area contributed by atoms with E-state index in [-0.39, 0.29) is 0 Å². The van der Waals surface area contributed by atoms with Crippen molar-refractivity contribution in [1.82, 2.24) is 4.90 Å². The molecule has 0 fully saturated rings. The van der Waals surface area contributed by atoms with Gasteiger partial charge in [-0.2, -0.15) is 0 Å². The van der Waals surface area contributed by atoms with E-state index in [1.54, 1.807) is 11.1 Å². The van der Waals surface area contributed by atoms with Gasteiger partial charge in [-0.15, -0.1) is 0 Å². The second kappa shape index (κ2) is 3.66. The Hall–Kier alpha value is -0.310. The van der Waals surface area contributed by atoms with Crippen LogP contribution in [0.3, 0.4) is 0 Å². The van der Waals surface area contributed by atoms with Gasteiger partial charge < -0.3 is 4.90 Å². The SMILES string of the molecule is CN(C)/C=C(/Br)C=O. The van der Waals surface area contributed by atoms with Crippen LogP contribution in [0.1, 0.15) is 0 Å². The van der Waals surface area contributed by atoms with Crippen LogP contribution in [0.5, 0.6) is 0 Å². The van der Waals surface area contributed by atoms with Crippen molar-refractivity contribution < 1.29 is 4.79 Å². The Labute approximate surface area is 57.3 Å². The molecular weight excluding hydrogens is 170 g/mol. The molecule has 0 heterocycles. The number of nitrogens with zero attached hydrogens (tertiary/aromatic N) is 1. The van der Waals surface area contributed by atoms with Crippen molar-refractivity contribution in [2.45, 2.75) is 0 Å². The van der Waals surface area contributed by atoms with Gasteiger partial charge in [0.15, 0.2) is 6.29 Å². The second-order valence-electron chi connectivity index (χ2n) is 1.60. The van der Waals surface area contributed by atoms with Crippen LogP contribution in [0.25, 0.3) is 0 Å². The Morgan fingerprint density at radius 3 is 2.25 bits per heavy atom. The fourth-order valence-electron chi connectivity index (χ4n) is 0.277. The van der Waals surface area contributed by atoms with Crippen molar-refractivity contribution in [2.75, 3.05) is 14.1 Å². The molecule has 0 aliphatic rings. The third-order valence-corrected chi connectivity index (χ3v) is 0.886. The second-order valence-corrected chi connectivity index (χ2v) is 2.51. The molecule has 0 rings (SSSR count). The van der Waals surface area contributed by atoms with Crippen LogP contribution < -0.4 is 0 Å². The fourth-order valence-corrected chi connectivity index (χ4v) is 0.687. The molecule has 8 heavy (non-hydrogen) atoms. The van der Waals surface area contributed by atoms with E-state index in [2.05, 4.69) is 15.9 Å². The van der Waals surface area contributed by atoms with Crippen LogP contribution in [-0.2, 0) is 4.79 Å². The molecule has 2 nitrogen and oxygen atoms in total. The summed E-state index contributed by atoms with van der Waals surface area (Å²) in [5, 5.41) is 0. The number of hydrogen-bond donors (Lipinski definition) is 0. The lowest BCUT2D eigenvalue weighted by molar-refractivity contribution is -0.104. The van der Waals surface area contributed by atoms with E-state index in [9.17, 15) is 4.79 Å². The molecule has 0 aromatic carbocycles. The van der Waals surface area contributed by atoms with Crippen LogP contribution in [0.2, 0.25) is 0 Å². The molecule has 0 aliphatic heterocycles. The smallest absolute Gasteiger partial charge is 0.158 e. The summed E-state index contributed by atoms with van der Waals surface area (Å²) in [5.74, 6) is 0. The summed E-state index contributed by atoms with van der Waals surface area (Å²) in [6.07, 6.45) is 2.44. The maximum Gasteiger partial charge on any atom is 0.158 e. The van der Waals surface area contributed by atoms with E-state index in [1.165, 1.54) is 0 Å². The monoisotopic (exact) mass is 177 g/mol. The molecule has 0 unspecified atom stereocenters. The van der Waals surface area contributed by atoms with Crippen molar-refractivity contribution in [1.29, 1.82) is 0 Å². The first kappa shape index (κ1) is 7.69. The van der Waals surface area contributed by atoms with Gasteiger partial charge in [0.1, 0.15) is 0 Å². The van der Waals surface area contributed by atoms with Crippen LogP contribution >= 0.6 is 15.9 Å². The van der Waals surface area contributed by atoms with Crippen LogP contribution in [0.15, 0.2) is 10.7 Å². The molecule has 0 spiro atoms. The lowest BCUT2D eigenvalue weighted by atomic mass is 10.6. The number of carbonyl (C=O) groups is 1. The van der Waals surface area contributed by atoms with Gasteiger partial charge >= 0.3 is 0 Å². The van der Waals surface area contributed by atoms with E-state index in [1.807, 2.05) is 14.1 Å². The minimum absolute atomic E-state index is 0.558. The number of carbonyl (C=O) groups excluding carboxylic acids is 1. The average molecular weight is 178 g/mol. The first-order valence-electron chi connectivity index (χ1n) is 2.15. The zero-order valence-electron chi connectivity index (χ0n) is 4.89. The Balaban J connectivity index is 3.74. The maximum atomic E-state index is 9.90. The normalized spacial score (nSPS) is 11.1. The summed E-state index contributed by atoms with van der Waals surface area (Å²) in [5.41, 5.74) is 0. The fraction of sp³-hybridized carbons (Fsp3) is 0.400. The molecule has 0 N–H and O–H groups in total. The molecule has 0 amide bonds. The lowest BCUT2D eigenvalue weighted by Crippen LogP contribution is -2.01. The third kappa shape index (κ3) is 3.87. The van der Waals surface area contributed by atoms with Crippen molar-refractivity contribution in [2.24, 2.45) is 0 Å². The molecule has 0 bridgehead atoms. The predicted molar refractivity (Wildman–Crippen MR) is 36.8 cm³/mol. The van der Waals surface area contributed by atoms with E-state index < -0.39 is 0 Å². The van der Waals surface area contributed by atoms with Crippen LogP contribution in [0.4, 0.5) is 0 Å².